The number of methoxy groups -OCH3 is 5. The van der Waals surface area contributed by atoms with Gasteiger partial charge < -0.3 is 28.4 Å². The van der Waals surface area contributed by atoms with Gasteiger partial charge in [0.2, 0.25) is 0 Å². The van der Waals surface area contributed by atoms with E-state index in [1.165, 1.54) is 0 Å². The summed E-state index contributed by atoms with van der Waals surface area (Å²) < 4.78 is 31.9. The minimum Gasteiger partial charge on any atom is -0.376 e. The van der Waals surface area contributed by atoms with E-state index >= 15 is 0 Å². The van der Waals surface area contributed by atoms with E-state index in [0.29, 0.717) is 0 Å². The molecule has 0 aromatic carbocycles. The molecule has 0 aromatic heterocycles. The summed E-state index contributed by atoms with van der Waals surface area (Å²) in [5.74, 6) is 0. The summed E-state index contributed by atoms with van der Waals surface area (Å²) in [6.07, 6.45) is -2.09. The van der Waals surface area contributed by atoms with E-state index in [4.69, 9.17) is 28.4 Å². The van der Waals surface area contributed by atoms with E-state index in [2.05, 4.69) is 0 Å². The number of hydrogen-bond acceptors (Lipinski definition) is 6. The molecular formula is C10H20O6. The molecule has 1 aliphatic rings. The normalized spacial score (nSPS) is 39.9. The predicted molar refractivity (Wildman–Crippen MR) is 55.1 cm³/mol. The maximum atomic E-state index is 5.55. The molecule has 1 aliphatic heterocycles. The maximum absolute atomic E-state index is 5.55. The number of rotatable bonds is 5. The lowest BCUT2D eigenvalue weighted by Gasteiger charge is -2.43. The molecule has 6 heteroatoms. The van der Waals surface area contributed by atoms with Crippen LogP contribution in [0.3, 0.4) is 0 Å². The van der Waals surface area contributed by atoms with Crippen molar-refractivity contribution in [3.05, 3.63) is 0 Å². The van der Waals surface area contributed by atoms with Gasteiger partial charge in [-0.1, -0.05) is 0 Å². The molecule has 16 heavy (non-hydrogen) atoms. The van der Waals surface area contributed by atoms with Crippen LogP contribution in [0.4, 0.5) is 0 Å². The Morgan fingerprint density at radius 3 is 1.19 bits per heavy atom. The average Bonchev–Trinajstić information content (AvgIpc) is 2.35. The van der Waals surface area contributed by atoms with Crippen molar-refractivity contribution in [3.8, 4) is 0 Å². The molecule has 0 bridgehead atoms. The Bertz CT molecular complexity index is 182. The third-order valence-corrected chi connectivity index (χ3v) is 2.73. The molecule has 0 unspecified atom stereocenters. The Morgan fingerprint density at radius 2 is 0.938 bits per heavy atom. The van der Waals surface area contributed by atoms with Crippen molar-refractivity contribution in [3.63, 3.8) is 0 Å². The standard InChI is InChI=1S/C10H20O6/c1-11-6-7(12-2)9(14-4)16-10(15-5)8(6)13-3/h6-10H,1-5H3/t6-,7-,8+,9-,10-/m0/s1. The molecular weight excluding hydrogens is 216 g/mol. The van der Waals surface area contributed by atoms with Gasteiger partial charge in [-0.2, -0.15) is 0 Å². The third kappa shape index (κ3) is 2.53. The zero-order valence-corrected chi connectivity index (χ0v) is 10.3. The fraction of sp³-hybridized carbons (Fsp3) is 1.00. The first-order valence-corrected chi connectivity index (χ1v) is 5.02. The molecule has 0 radical (unpaired) electrons. The minimum atomic E-state index is -0.536. The van der Waals surface area contributed by atoms with Crippen LogP contribution in [0.5, 0.6) is 0 Å². The molecule has 5 atom stereocenters. The Morgan fingerprint density at radius 1 is 0.562 bits per heavy atom. The summed E-state index contributed by atoms with van der Waals surface area (Å²) in [7, 11) is 7.83. The Kier molecular flexibility index (Phi) is 5.60. The first-order valence-electron chi connectivity index (χ1n) is 5.02. The van der Waals surface area contributed by atoms with Crippen molar-refractivity contribution in [1.29, 1.82) is 0 Å². The van der Waals surface area contributed by atoms with Gasteiger partial charge >= 0.3 is 0 Å². The van der Waals surface area contributed by atoms with Crippen LogP contribution in [-0.4, -0.2) is 66.4 Å². The monoisotopic (exact) mass is 236 g/mol. The smallest absolute Gasteiger partial charge is 0.189 e. The highest BCUT2D eigenvalue weighted by molar-refractivity contribution is 4.88. The average molecular weight is 236 g/mol. The van der Waals surface area contributed by atoms with Crippen LogP contribution in [0, 0.1) is 0 Å². The predicted octanol–water partition coefficient (Wildman–Crippen LogP) is 0.00660. The largest absolute Gasteiger partial charge is 0.376 e. The second-order valence-electron chi connectivity index (χ2n) is 3.45. The van der Waals surface area contributed by atoms with E-state index in [1.807, 2.05) is 0 Å². The molecule has 1 saturated heterocycles. The van der Waals surface area contributed by atoms with Gasteiger partial charge in [0.1, 0.15) is 18.3 Å². The maximum Gasteiger partial charge on any atom is 0.189 e. The molecule has 0 aliphatic carbocycles. The zero-order chi connectivity index (χ0) is 12.1. The fourth-order valence-electron chi connectivity index (χ4n) is 1.92. The minimum absolute atomic E-state index is 0.307. The van der Waals surface area contributed by atoms with Crippen molar-refractivity contribution in [2.75, 3.05) is 35.5 Å². The molecule has 0 N–H and O–H groups in total. The SMILES string of the molecule is CO[C@H]1O[C@H](OC)[C@H](OC)[C@@H](OC)[C@@H]1OC. The topological polar surface area (TPSA) is 55.4 Å². The van der Waals surface area contributed by atoms with Crippen LogP contribution < -0.4 is 0 Å². The van der Waals surface area contributed by atoms with Gasteiger partial charge in [0, 0.05) is 35.5 Å². The lowest BCUT2D eigenvalue weighted by Crippen LogP contribution is -2.60. The second kappa shape index (κ2) is 6.48. The summed E-state index contributed by atoms with van der Waals surface area (Å²) in [5.41, 5.74) is 0. The summed E-state index contributed by atoms with van der Waals surface area (Å²) in [4.78, 5) is 0. The van der Waals surface area contributed by atoms with E-state index in [9.17, 15) is 0 Å². The van der Waals surface area contributed by atoms with Gasteiger partial charge in [-0.3, -0.25) is 0 Å². The lowest BCUT2D eigenvalue weighted by molar-refractivity contribution is -0.349. The van der Waals surface area contributed by atoms with Crippen LogP contribution >= 0.6 is 0 Å². The molecule has 1 fully saturated rings. The molecule has 6 nitrogen and oxygen atoms in total. The van der Waals surface area contributed by atoms with Crippen LogP contribution in [0.15, 0.2) is 0 Å². The Labute approximate surface area is 95.7 Å². The van der Waals surface area contributed by atoms with Crippen LogP contribution in [-0.2, 0) is 28.4 Å². The Balaban J connectivity index is 2.85. The van der Waals surface area contributed by atoms with Gasteiger partial charge in [0.25, 0.3) is 0 Å². The highest BCUT2D eigenvalue weighted by Gasteiger charge is 2.47. The van der Waals surface area contributed by atoms with Crippen molar-refractivity contribution >= 4 is 0 Å². The Hall–Kier alpha value is -0.240. The van der Waals surface area contributed by atoms with E-state index in [-0.39, 0.29) is 18.3 Å². The van der Waals surface area contributed by atoms with Gasteiger partial charge in [0.05, 0.1) is 0 Å². The molecule has 0 aromatic rings. The first kappa shape index (κ1) is 13.8. The van der Waals surface area contributed by atoms with Crippen LogP contribution in [0.25, 0.3) is 0 Å². The van der Waals surface area contributed by atoms with Crippen LogP contribution in [0.1, 0.15) is 0 Å². The number of ether oxygens (including phenoxy) is 6. The van der Waals surface area contributed by atoms with Crippen molar-refractivity contribution in [2.45, 2.75) is 30.9 Å². The third-order valence-electron chi connectivity index (χ3n) is 2.73. The summed E-state index contributed by atoms with van der Waals surface area (Å²) in [5, 5.41) is 0. The molecule has 1 heterocycles. The molecule has 96 valence electrons. The van der Waals surface area contributed by atoms with Crippen molar-refractivity contribution < 1.29 is 28.4 Å². The fourth-order valence-corrected chi connectivity index (χ4v) is 1.92. The lowest BCUT2D eigenvalue weighted by atomic mass is 10.0. The molecule has 0 saturated carbocycles. The molecule has 1 rings (SSSR count). The van der Waals surface area contributed by atoms with Crippen molar-refractivity contribution in [2.24, 2.45) is 0 Å². The summed E-state index contributed by atoms with van der Waals surface area (Å²) in [6.45, 7) is 0. The summed E-state index contributed by atoms with van der Waals surface area (Å²) >= 11 is 0. The van der Waals surface area contributed by atoms with Gasteiger partial charge in [0.15, 0.2) is 12.6 Å². The van der Waals surface area contributed by atoms with Gasteiger partial charge in [-0.25, -0.2) is 0 Å². The van der Waals surface area contributed by atoms with E-state index in [1.54, 1.807) is 35.5 Å². The van der Waals surface area contributed by atoms with Crippen LogP contribution in [0.2, 0.25) is 0 Å². The second-order valence-corrected chi connectivity index (χ2v) is 3.45. The molecule has 0 amide bonds. The van der Waals surface area contributed by atoms with Gasteiger partial charge in [-0.05, 0) is 0 Å². The zero-order valence-electron chi connectivity index (χ0n) is 10.3. The number of hydrogen-bond donors (Lipinski definition) is 0. The van der Waals surface area contributed by atoms with Gasteiger partial charge in [-0.15, -0.1) is 0 Å². The van der Waals surface area contributed by atoms with E-state index in [0.717, 1.165) is 0 Å². The highest BCUT2D eigenvalue weighted by Crippen LogP contribution is 2.27. The van der Waals surface area contributed by atoms with Crippen molar-refractivity contribution in [1.82, 2.24) is 0 Å². The highest BCUT2D eigenvalue weighted by atomic mass is 16.8. The van der Waals surface area contributed by atoms with E-state index < -0.39 is 12.6 Å². The first-order chi connectivity index (χ1) is 7.73. The molecule has 0 spiro atoms. The quantitative estimate of drug-likeness (QED) is 0.670. The summed E-state index contributed by atoms with van der Waals surface area (Å²) in [6, 6.07) is 0.